The lowest BCUT2D eigenvalue weighted by molar-refractivity contribution is 0.808. The molecular formula is C23H21BrN6O2. The van der Waals surface area contributed by atoms with Gasteiger partial charge in [-0.2, -0.15) is 10.1 Å². The Morgan fingerprint density at radius 2 is 1.97 bits per heavy atom. The maximum absolute atomic E-state index is 12.6. The van der Waals surface area contributed by atoms with Gasteiger partial charge >= 0.3 is 5.69 Å². The first-order chi connectivity index (χ1) is 15.4. The summed E-state index contributed by atoms with van der Waals surface area (Å²) in [5, 5.41) is 4.39. The molecule has 8 nitrogen and oxygen atoms in total. The van der Waals surface area contributed by atoms with Crippen molar-refractivity contribution in [2.75, 3.05) is 5.43 Å². The minimum absolute atomic E-state index is 0.281. The quantitative estimate of drug-likeness (QED) is 0.316. The highest BCUT2D eigenvalue weighted by Gasteiger charge is 2.17. The molecule has 162 valence electrons. The van der Waals surface area contributed by atoms with E-state index in [2.05, 4.69) is 36.4 Å². The molecule has 0 aliphatic heterocycles. The number of H-pyrrole nitrogens is 1. The maximum atomic E-state index is 12.6. The van der Waals surface area contributed by atoms with E-state index in [1.165, 1.54) is 4.57 Å². The number of nitrogens with zero attached hydrogens (tertiary/aromatic N) is 4. The Labute approximate surface area is 192 Å². The van der Waals surface area contributed by atoms with Crippen LogP contribution in [0.2, 0.25) is 0 Å². The molecule has 0 aliphatic rings. The third-order valence-corrected chi connectivity index (χ3v) is 5.38. The first kappa shape index (κ1) is 21.5. The van der Waals surface area contributed by atoms with Crippen molar-refractivity contribution in [2.24, 2.45) is 12.1 Å². The molecule has 32 heavy (non-hydrogen) atoms. The molecule has 0 aliphatic carbocycles. The lowest BCUT2D eigenvalue weighted by atomic mass is 10.2. The average molecular weight is 493 g/mol. The number of anilines is 1. The molecule has 2 heterocycles. The number of hydrogen-bond acceptors (Lipinski definition) is 5. The Balaban J connectivity index is 1.73. The summed E-state index contributed by atoms with van der Waals surface area (Å²) in [6.07, 6.45) is 3.84. The van der Waals surface area contributed by atoms with Crippen molar-refractivity contribution in [1.29, 1.82) is 0 Å². The molecule has 0 saturated heterocycles. The Bertz CT molecular complexity index is 1450. The summed E-state index contributed by atoms with van der Waals surface area (Å²) in [7, 11) is 1.57. The second kappa shape index (κ2) is 9.19. The van der Waals surface area contributed by atoms with Crippen LogP contribution in [-0.4, -0.2) is 24.8 Å². The van der Waals surface area contributed by atoms with E-state index in [1.54, 1.807) is 11.6 Å². The molecule has 2 aromatic heterocycles. The first-order valence-electron chi connectivity index (χ1n) is 9.90. The van der Waals surface area contributed by atoms with Crippen LogP contribution in [0.3, 0.4) is 0 Å². The lowest BCUT2D eigenvalue weighted by Crippen LogP contribution is -2.29. The van der Waals surface area contributed by atoms with Crippen LogP contribution in [-0.2, 0) is 13.6 Å². The van der Waals surface area contributed by atoms with E-state index in [4.69, 9.17) is 0 Å². The van der Waals surface area contributed by atoms with Crippen molar-refractivity contribution in [3.8, 4) is 0 Å². The van der Waals surface area contributed by atoms with E-state index >= 15 is 0 Å². The fourth-order valence-electron chi connectivity index (χ4n) is 3.25. The summed E-state index contributed by atoms with van der Waals surface area (Å²) in [5.41, 5.74) is 5.25. The van der Waals surface area contributed by atoms with Crippen molar-refractivity contribution < 1.29 is 0 Å². The Morgan fingerprint density at radius 1 is 1.19 bits per heavy atom. The topological polar surface area (TPSA) is 97.1 Å². The van der Waals surface area contributed by atoms with Crippen LogP contribution >= 0.6 is 15.9 Å². The highest BCUT2D eigenvalue weighted by atomic mass is 79.9. The van der Waals surface area contributed by atoms with E-state index in [9.17, 15) is 9.59 Å². The van der Waals surface area contributed by atoms with Crippen molar-refractivity contribution in [3.63, 3.8) is 0 Å². The standard InChI is InChI=1S/C23H21BrN6O2/c1-15(11-12-16-7-4-3-5-8-16)27-28-22-25-20-19(21(31)26-23(32)29(20)2)30(22)14-17-9-6-10-18(24)13-17/h3-13H,14H2,1-2H3,(H,25,28)(H,26,31,32)/b12-11+,27-15+. The van der Waals surface area contributed by atoms with Gasteiger partial charge in [0.25, 0.3) is 5.56 Å². The Kier molecular flexibility index (Phi) is 6.18. The average Bonchev–Trinajstić information content (AvgIpc) is 3.14. The summed E-state index contributed by atoms with van der Waals surface area (Å²) in [5.74, 6) is 0.360. The SMILES string of the molecule is CC(/C=C/c1ccccc1)=N\Nc1nc2c(c(=O)[nH]c(=O)n2C)n1Cc1cccc(Br)c1. The van der Waals surface area contributed by atoms with Gasteiger partial charge in [-0.3, -0.25) is 18.9 Å². The maximum Gasteiger partial charge on any atom is 0.329 e. The molecule has 0 unspecified atom stereocenters. The largest absolute Gasteiger partial charge is 0.329 e. The lowest BCUT2D eigenvalue weighted by Gasteiger charge is -2.09. The number of hydrazone groups is 1. The first-order valence-corrected chi connectivity index (χ1v) is 10.7. The number of imidazole rings is 1. The second-order valence-corrected chi connectivity index (χ2v) is 8.17. The van der Waals surface area contributed by atoms with Gasteiger partial charge in [0, 0.05) is 11.5 Å². The van der Waals surface area contributed by atoms with Crippen LogP contribution in [0.5, 0.6) is 0 Å². The number of rotatable bonds is 6. The van der Waals surface area contributed by atoms with Crippen molar-refractivity contribution in [1.82, 2.24) is 19.1 Å². The third kappa shape index (κ3) is 4.62. The second-order valence-electron chi connectivity index (χ2n) is 7.25. The van der Waals surface area contributed by atoms with Gasteiger partial charge in [0.1, 0.15) is 0 Å². The van der Waals surface area contributed by atoms with E-state index in [0.29, 0.717) is 18.0 Å². The molecule has 0 radical (unpaired) electrons. The molecule has 4 rings (SSSR count). The van der Waals surface area contributed by atoms with E-state index in [-0.39, 0.29) is 5.65 Å². The smallest absolute Gasteiger partial charge is 0.298 e. The highest BCUT2D eigenvalue weighted by Crippen LogP contribution is 2.19. The monoisotopic (exact) mass is 492 g/mol. The zero-order valence-electron chi connectivity index (χ0n) is 17.5. The number of allylic oxidation sites excluding steroid dienone is 1. The van der Waals surface area contributed by atoms with Crippen LogP contribution in [0.25, 0.3) is 17.2 Å². The number of hydrogen-bond donors (Lipinski definition) is 2. The zero-order valence-corrected chi connectivity index (χ0v) is 19.1. The predicted molar refractivity (Wildman–Crippen MR) is 131 cm³/mol. The molecule has 0 bridgehead atoms. The van der Waals surface area contributed by atoms with E-state index in [0.717, 1.165) is 21.3 Å². The van der Waals surface area contributed by atoms with Gasteiger partial charge in [0.15, 0.2) is 11.2 Å². The molecular weight excluding hydrogens is 472 g/mol. The van der Waals surface area contributed by atoms with Crippen molar-refractivity contribution in [3.05, 3.63) is 97.1 Å². The summed E-state index contributed by atoms with van der Waals surface area (Å²) >= 11 is 3.47. The van der Waals surface area contributed by atoms with Gasteiger partial charge in [0.2, 0.25) is 5.95 Å². The van der Waals surface area contributed by atoms with Gasteiger partial charge in [-0.05, 0) is 36.3 Å². The minimum atomic E-state index is -0.522. The molecule has 2 N–H and O–H groups in total. The number of aryl methyl sites for hydroxylation is 1. The minimum Gasteiger partial charge on any atom is -0.298 e. The third-order valence-electron chi connectivity index (χ3n) is 4.89. The van der Waals surface area contributed by atoms with Crippen molar-refractivity contribution >= 4 is 44.8 Å². The Morgan fingerprint density at radius 3 is 2.72 bits per heavy atom. The van der Waals surface area contributed by atoms with Crippen LogP contribution in [0.15, 0.2) is 79.8 Å². The van der Waals surface area contributed by atoms with Gasteiger partial charge in [-0.1, -0.05) is 64.5 Å². The molecule has 0 spiro atoms. The summed E-state index contributed by atoms with van der Waals surface area (Å²) in [4.78, 5) is 31.5. The van der Waals surface area contributed by atoms with E-state index < -0.39 is 11.2 Å². The molecule has 0 saturated carbocycles. The number of fused-ring (bicyclic) bond motifs is 1. The van der Waals surface area contributed by atoms with E-state index in [1.807, 2.05) is 73.7 Å². The highest BCUT2D eigenvalue weighted by molar-refractivity contribution is 9.10. The van der Waals surface area contributed by atoms with Crippen molar-refractivity contribution in [2.45, 2.75) is 13.5 Å². The van der Waals surface area contributed by atoms with Gasteiger partial charge in [-0.25, -0.2) is 10.2 Å². The molecule has 0 amide bonds. The number of aromatic amines is 1. The fourth-order valence-corrected chi connectivity index (χ4v) is 3.69. The molecule has 9 heteroatoms. The van der Waals surface area contributed by atoms with Crippen LogP contribution < -0.4 is 16.7 Å². The molecule has 0 atom stereocenters. The van der Waals surface area contributed by atoms with Crippen LogP contribution in [0, 0.1) is 0 Å². The molecule has 4 aromatic rings. The van der Waals surface area contributed by atoms with Gasteiger partial charge < -0.3 is 0 Å². The van der Waals surface area contributed by atoms with Crippen LogP contribution in [0.4, 0.5) is 5.95 Å². The summed E-state index contributed by atoms with van der Waals surface area (Å²) in [6.45, 7) is 2.23. The fraction of sp³-hybridized carbons (Fsp3) is 0.130. The normalized spacial score (nSPS) is 12.0. The summed E-state index contributed by atoms with van der Waals surface area (Å²) in [6, 6.07) is 17.7. The zero-order chi connectivity index (χ0) is 22.7. The molecule has 0 fully saturated rings. The van der Waals surface area contributed by atoms with Gasteiger partial charge in [-0.15, -0.1) is 0 Å². The number of aromatic nitrogens is 4. The molecule has 2 aromatic carbocycles. The number of benzene rings is 2. The van der Waals surface area contributed by atoms with Gasteiger partial charge in [0.05, 0.1) is 12.3 Å². The summed E-state index contributed by atoms with van der Waals surface area (Å²) < 4.78 is 3.95. The van der Waals surface area contributed by atoms with Crippen LogP contribution in [0.1, 0.15) is 18.1 Å². The number of nitrogens with one attached hydrogen (secondary N) is 2. The number of halogens is 1. The Hall–Kier alpha value is -3.72. The predicted octanol–water partition coefficient (Wildman–Crippen LogP) is 3.74.